The minimum absolute atomic E-state index is 0.146. The summed E-state index contributed by atoms with van der Waals surface area (Å²) in [4.78, 5) is 23.6. The summed E-state index contributed by atoms with van der Waals surface area (Å²) in [6.45, 7) is 3.23. The lowest BCUT2D eigenvalue weighted by atomic mass is 10.1. The molecule has 0 radical (unpaired) electrons. The van der Waals surface area contributed by atoms with Crippen molar-refractivity contribution < 1.29 is 14.3 Å². The number of carbonyl (C=O) groups excluding carboxylic acids is 2. The van der Waals surface area contributed by atoms with Gasteiger partial charge in [0.2, 0.25) is 0 Å². The van der Waals surface area contributed by atoms with Gasteiger partial charge < -0.3 is 4.74 Å². The summed E-state index contributed by atoms with van der Waals surface area (Å²) in [6.07, 6.45) is 0. The van der Waals surface area contributed by atoms with Crippen LogP contribution in [-0.2, 0) is 0 Å². The first-order chi connectivity index (χ1) is 9.49. The maximum Gasteiger partial charge on any atom is 0.343 e. The van der Waals surface area contributed by atoms with Gasteiger partial charge in [0.15, 0.2) is 5.78 Å². The first kappa shape index (κ1) is 14.3. The average Bonchev–Trinajstić information content (AvgIpc) is 2.41. The molecule has 0 unspecified atom stereocenters. The maximum atomic E-state index is 12.1. The molecule has 0 atom stereocenters. The van der Waals surface area contributed by atoms with E-state index in [4.69, 9.17) is 16.3 Å². The Bertz CT molecular complexity index is 660. The van der Waals surface area contributed by atoms with Crippen LogP contribution >= 0.6 is 11.6 Å². The van der Waals surface area contributed by atoms with Crippen LogP contribution in [0.1, 0.15) is 33.2 Å². The third kappa shape index (κ3) is 3.06. The number of rotatable bonds is 3. The van der Waals surface area contributed by atoms with Crippen LogP contribution in [0.2, 0.25) is 5.02 Å². The van der Waals surface area contributed by atoms with Crippen molar-refractivity contribution in [1.82, 2.24) is 0 Å². The highest BCUT2D eigenvalue weighted by molar-refractivity contribution is 6.30. The second kappa shape index (κ2) is 5.88. The van der Waals surface area contributed by atoms with Gasteiger partial charge in [0, 0.05) is 5.02 Å². The standard InChI is InChI=1S/C16H13ClO3/c1-10-4-3-5-14(11(2)18)15(10)20-16(19)12-6-8-13(17)9-7-12/h3-9H,1-2H3. The highest BCUT2D eigenvalue weighted by Crippen LogP contribution is 2.25. The van der Waals surface area contributed by atoms with Gasteiger partial charge >= 0.3 is 5.97 Å². The molecule has 2 aromatic carbocycles. The Morgan fingerprint density at radius 3 is 2.30 bits per heavy atom. The molecule has 102 valence electrons. The molecule has 0 aliphatic rings. The van der Waals surface area contributed by atoms with E-state index in [2.05, 4.69) is 0 Å². The smallest absolute Gasteiger partial charge is 0.343 e. The second-order valence-corrected chi connectivity index (χ2v) is 4.84. The Morgan fingerprint density at radius 2 is 1.70 bits per heavy atom. The fourth-order valence-corrected chi connectivity index (χ4v) is 1.93. The fraction of sp³-hybridized carbons (Fsp3) is 0.125. The van der Waals surface area contributed by atoms with Gasteiger partial charge in [-0.05, 0) is 49.7 Å². The zero-order valence-corrected chi connectivity index (χ0v) is 11.9. The molecule has 0 aliphatic carbocycles. The number of ketones is 1. The molecular formula is C16H13ClO3. The SMILES string of the molecule is CC(=O)c1cccc(C)c1OC(=O)c1ccc(Cl)cc1. The molecule has 0 saturated carbocycles. The lowest BCUT2D eigenvalue weighted by molar-refractivity contribution is 0.0731. The largest absolute Gasteiger partial charge is 0.422 e. The molecule has 0 N–H and O–H groups in total. The zero-order chi connectivity index (χ0) is 14.7. The zero-order valence-electron chi connectivity index (χ0n) is 11.1. The van der Waals surface area contributed by atoms with Crippen molar-refractivity contribution in [2.24, 2.45) is 0 Å². The van der Waals surface area contributed by atoms with E-state index < -0.39 is 5.97 Å². The lowest BCUT2D eigenvalue weighted by Gasteiger charge is -2.11. The van der Waals surface area contributed by atoms with Crippen molar-refractivity contribution in [3.05, 3.63) is 64.2 Å². The molecule has 4 heteroatoms. The molecule has 0 fully saturated rings. The Labute approximate surface area is 122 Å². The van der Waals surface area contributed by atoms with Crippen molar-refractivity contribution >= 4 is 23.4 Å². The van der Waals surface area contributed by atoms with E-state index in [9.17, 15) is 9.59 Å². The minimum atomic E-state index is -0.515. The van der Waals surface area contributed by atoms with Crippen molar-refractivity contribution in [2.75, 3.05) is 0 Å². The summed E-state index contributed by atoms with van der Waals surface area (Å²) in [5, 5.41) is 0.543. The normalized spacial score (nSPS) is 10.2. The first-order valence-electron chi connectivity index (χ1n) is 6.07. The second-order valence-electron chi connectivity index (χ2n) is 4.40. The van der Waals surface area contributed by atoms with E-state index in [0.29, 0.717) is 21.9 Å². The number of hydrogen-bond acceptors (Lipinski definition) is 3. The molecule has 0 aromatic heterocycles. The number of para-hydroxylation sites is 1. The van der Waals surface area contributed by atoms with Crippen LogP contribution < -0.4 is 4.74 Å². The van der Waals surface area contributed by atoms with Crippen LogP contribution in [-0.4, -0.2) is 11.8 Å². The van der Waals surface area contributed by atoms with Gasteiger partial charge in [-0.2, -0.15) is 0 Å². The summed E-state index contributed by atoms with van der Waals surface area (Å²) in [7, 11) is 0. The predicted molar refractivity (Wildman–Crippen MR) is 77.6 cm³/mol. The fourth-order valence-electron chi connectivity index (χ4n) is 1.80. The third-order valence-corrected chi connectivity index (χ3v) is 3.12. The Kier molecular flexibility index (Phi) is 4.20. The monoisotopic (exact) mass is 288 g/mol. The lowest BCUT2D eigenvalue weighted by Crippen LogP contribution is -2.11. The number of aryl methyl sites for hydroxylation is 1. The Morgan fingerprint density at radius 1 is 1.05 bits per heavy atom. The highest BCUT2D eigenvalue weighted by Gasteiger charge is 2.16. The summed E-state index contributed by atoms with van der Waals surface area (Å²) in [5.41, 5.74) is 1.51. The summed E-state index contributed by atoms with van der Waals surface area (Å²) >= 11 is 5.77. The van der Waals surface area contributed by atoms with Gasteiger partial charge in [0.05, 0.1) is 11.1 Å². The van der Waals surface area contributed by atoms with Crippen molar-refractivity contribution in [3.8, 4) is 5.75 Å². The maximum absolute atomic E-state index is 12.1. The number of hydrogen-bond donors (Lipinski definition) is 0. The number of ether oxygens (including phenoxy) is 1. The molecule has 2 rings (SSSR count). The first-order valence-corrected chi connectivity index (χ1v) is 6.45. The van der Waals surface area contributed by atoms with Gasteiger partial charge in [-0.15, -0.1) is 0 Å². The van der Waals surface area contributed by atoms with E-state index in [1.807, 2.05) is 0 Å². The number of esters is 1. The number of halogens is 1. The number of benzene rings is 2. The van der Waals surface area contributed by atoms with Gasteiger partial charge in [-0.3, -0.25) is 4.79 Å². The number of Topliss-reactive ketones (excluding diaryl/α,β-unsaturated/α-hetero) is 1. The van der Waals surface area contributed by atoms with E-state index in [0.717, 1.165) is 5.56 Å². The Hall–Kier alpha value is -2.13. The van der Waals surface area contributed by atoms with Gasteiger partial charge in [-0.1, -0.05) is 23.7 Å². The van der Waals surface area contributed by atoms with Crippen LogP contribution in [0.25, 0.3) is 0 Å². The Balaban J connectivity index is 2.32. The number of carbonyl (C=O) groups is 2. The summed E-state index contributed by atoms with van der Waals surface area (Å²) in [6, 6.07) is 11.6. The minimum Gasteiger partial charge on any atom is -0.422 e. The molecule has 0 bridgehead atoms. The van der Waals surface area contributed by atoms with Gasteiger partial charge in [-0.25, -0.2) is 4.79 Å². The molecule has 0 spiro atoms. The molecule has 3 nitrogen and oxygen atoms in total. The van der Waals surface area contributed by atoms with Crippen molar-refractivity contribution in [1.29, 1.82) is 0 Å². The summed E-state index contributed by atoms with van der Waals surface area (Å²) in [5.74, 6) is -0.356. The van der Waals surface area contributed by atoms with Gasteiger partial charge in [0.25, 0.3) is 0 Å². The predicted octanol–water partition coefficient (Wildman–Crippen LogP) is 4.07. The van der Waals surface area contributed by atoms with Crippen LogP contribution in [0.3, 0.4) is 0 Å². The quantitative estimate of drug-likeness (QED) is 0.486. The highest BCUT2D eigenvalue weighted by atomic mass is 35.5. The van der Waals surface area contributed by atoms with Crippen LogP contribution in [0, 0.1) is 6.92 Å². The molecule has 2 aromatic rings. The molecule has 0 aliphatic heterocycles. The molecule has 0 amide bonds. The van der Waals surface area contributed by atoms with Crippen LogP contribution in [0.15, 0.2) is 42.5 Å². The van der Waals surface area contributed by atoms with Crippen LogP contribution in [0.4, 0.5) is 0 Å². The van der Waals surface area contributed by atoms with Crippen LogP contribution in [0.5, 0.6) is 5.75 Å². The molecule has 0 saturated heterocycles. The van der Waals surface area contributed by atoms with Crippen molar-refractivity contribution in [3.63, 3.8) is 0 Å². The topological polar surface area (TPSA) is 43.4 Å². The van der Waals surface area contributed by atoms with E-state index in [1.54, 1.807) is 49.4 Å². The third-order valence-electron chi connectivity index (χ3n) is 2.87. The van der Waals surface area contributed by atoms with Crippen molar-refractivity contribution in [2.45, 2.75) is 13.8 Å². The van der Waals surface area contributed by atoms with E-state index in [1.165, 1.54) is 6.92 Å². The summed E-state index contributed by atoms with van der Waals surface area (Å²) < 4.78 is 5.36. The van der Waals surface area contributed by atoms with E-state index >= 15 is 0 Å². The average molecular weight is 289 g/mol. The molecular weight excluding hydrogens is 276 g/mol. The molecule has 20 heavy (non-hydrogen) atoms. The van der Waals surface area contributed by atoms with E-state index in [-0.39, 0.29) is 5.78 Å². The van der Waals surface area contributed by atoms with Gasteiger partial charge in [0.1, 0.15) is 5.75 Å². The molecule has 0 heterocycles.